The zero-order valence-electron chi connectivity index (χ0n) is 8.68. The van der Waals surface area contributed by atoms with Crippen molar-refractivity contribution in [1.82, 2.24) is 10.3 Å². The van der Waals surface area contributed by atoms with E-state index in [1.807, 2.05) is 12.3 Å². The standard InChI is InChI=1S/C12H14N2S/c1-10(12-3-2-5-13-8-12)14-7-11-4-6-15-9-11/h2-6,8-10,14H,7H2,1H3/t10-/m1/s1. The van der Waals surface area contributed by atoms with E-state index in [4.69, 9.17) is 0 Å². The van der Waals surface area contributed by atoms with Crippen molar-refractivity contribution in [3.8, 4) is 0 Å². The Morgan fingerprint density at radius 3 is 3.07 bits per heavy atom. The average molecular weight is 218 g/mol. The van der Waals surface area contributed by atoms with Crippen molar-refractivity contribution in [2.75, 3.05) is 0 Å². The molecule has 78 valence electrons. The predicted octanol–water partition coefficient (Wildman–Crippen LogP) is 2.99. The van der Waals surface area contributed by atoms with Gasteiger partial charge >= 0.3 is 0 Å². The third-order valence-electron chi connectivity index (χ3n) is 2.38. The summed E-state index contributed by atoms with van der Waals surface area (Å²) in [4.78, 5) is 4.11. The second-order valence-electron chi connectivity index (χ2n) is 3.52. The molecule has 0 saturated carbocycles. The van der Waals surface area contributed by atoms with Crippen LogP contribution < -0.4 is 5.32 Å². The van der Waals surface area contributed by atoms with Crippen LogP contribution in [0.4, 0.5) is 0 Å². The second-order valence-corrected chi connectivity index (χ2v) is 4.30. The number of aromatic nitrogens is 1. The molecule has 0 fully saturated rings. The third kappa shape index (κ3) is 2.88. The van der Waals surface area contributed by atoms with Crippen LogP contribution in [0.3, 0.4) is 0 Å². The lowest BCUT2D eigenvalue weighted by Crippen LogP contribution is -2.17. The predicted molar refractivity (Wildman–Crippen MR) is 63.8 cm³/mol. The molecule has 2 aromatic rings. The van der Waals surface area contributed by atoms with Crippen molar-refractivity contribution < 1.29 is 0 Å². The topological polar surface area (TPSA) is 24.9 Å². The van der Waals surface area contributed by atoms with E-state index in [0.29, 0.717) is 6.04 Å². The molecule has 0 radical (unpaired) electrons. The van der Waals surface area contributed by atoms with E-state index in [0.717, 1.165) is 6.54 Å². The fraction of sp³-hybridized carbons (Fsp3) is 0.250. The monoisotopic (exact) mass is 218 g/mol. The number of thiophene rings is 1. The van der Waals surface area contributed by atoms with Crippen LogP contribution in [0, 0.1) is 0 Å². The van der Waals surface area contributed by atoms with E-state index in [2.05, 4.69) is 40.1 Å². The lowest BCUT2D eigenvalue weighted by Gasteiger charge is -2.12. The smallest absolute Gasteiger partial charge is 0.0315 e. The minimum atomic E-state index is 0.346. The molecule has 2 nitrogen and oxygen atoms in total. The molecule has 0 aromatic carbocycles. The fourth-order valence-electron chi connectivity index (χ4n) is 1.41. The van der Waals surface area contributed by atoms with Crippen LogP contribution in [-0.2, 0) is 6.54 Å². The first-order valence-electron chi connectivity index (χ1n) is 5.00. The Kier molecular flexibility index (Phi) is 3.48. The molecule has 0 unspecified atom stereocenters. The van der Waals surface area contributed by atoms with Crippen LogP contribution in [0.1, 0.15) is 24.1 Å². The third-order valence-corrected chi connectivity index (χ3v) is 3.11. The van der Waals surface area contributed by atoms with E-state index in [1.165, 1.54) is 11.1 Å². The maximum atomic E-state index is 4.11. The number of hydrogen-bond donors (Lipinski definition) is 1. The van der Waals surface area contributed by atoms with Crippen molar-refractivity contribution in [1.29, 1.82) is 0 Å². The number of hydrogen-bond acceptors (Lipinski definition) is 3. The minimum Gasteiger partial charge on any atom is -0.306 e. The maximum Gasteiger partial charge on any atom is 0.0315 e. The molecular formula is C12H14N2S. The Labute approximate surface area is 94.0 Å². The van der Waals surface area contributed by atoms with Crippen LogP contribution in [-0.4, -0.2) is 4.98 Å². The largest absolute Gasteiger partial charge is 0.306 e. The summed E-state index contributed by atoms with van der Waals surface area (Å²) in [6.45, 7) is 3.07. The highest BCUT2D eigenvalue weighted by Gasteiger charge is 2.03. The molecular weight excluding hydrogens is 204 g/mol. The average Bonchev–Trinajstić information content (AvgIpc) is 2.80. The molecule has 0 aliphatic rings. The number of nitrogens with one attached hydrogen (secondary N) is 1. The maximum absolute atomic E-state index is 4.11. The second kappa shape index (κ2) is 5.05. The Morgan fingerprint density at radius 2 is 2.40 bits per heavy atom. The summed E-state index contributed by atoms with van der Waals surface area (Å²) >= 11 is 1.73. The van der Waals surface area contributed by atoms with Gasteiger partial charge in [-0.3, -0.25) is 4.98 Å². The van der Waals surface area contributed by atoms with Crippen molar-refractivity contribution in [3.63, 3.8) is 0 Å². The molecule has 0 spiro atoms. The molecule has 1 N–H and O–H groups in total. The highest BCUT2D eigenvalue weighted by molar-refractivity contribution is 7.07. The minimum absolute atomic E-state index is 0.346. The fourth-order valence-corrected chi connectivity index (χ4v) is 2.08. The van der Waals surface area contributed by atoms with E-state index < -0.39 is 0 Å². The summed E-state index contributed by atoms with van der Waals surface area (Å²) in [6.07, 6.45) is 3.71. The van der Waals surface area contributed by atoms with Gasteiger partial charge < -0.3 is 5.32 Å². The molecule has 0 bridgehead atoms. The SMILES string of the molecule is C[C@@H](NCc1ccsc1)c1cccnc1. The van der Waals surface area contributed by atoms with Gasteiger partial charge in [-0.25, -0.2) is 0 Å². The summed E-state index contributed by atoms with van der Waals surface area (Å²) in [5.74, 6) is 0. The Bertz CT molecular complexity index is 383. The van der Waals surface area contributed by atoms with Crippen molar-refractivity contribution in [3.05, 3.63) is 52.5 Å². The number of nitrogens with zero attached hydrogens (tertiary/aromatic N) is 1. The molecule has 2 heterocycles. The molecule has 2 rings (SSSR count). The molecule has 1 atom stereocenters. The van der Waals surface area contributed by atoms with Crippen molar-refractivity contribution >= 4 is 11.3 Å². The van der Waals surface area contributed by atoms with E-state index in [1.54, 1.807) is 17.5 Å². The van der Waals surface area contributed by atoms with Gasteiger partial charge in [-0.1, -0.05) is 6.07 Å². The van der Waals surface area contributed by atoms with Gasteiger partial charge in [-0.2, -0.15) is 11.3 Å². The summed E-state index contributed by atoms with van der Waals surface area (Å²) < 4.78 is 0. The van der Waals surface area contributed by atoms with E-state index in [-0.39, 0.29) is 0 Å². The highest BCUT2D eigenvalue weighted by atomic mass is 32.1. The normalized spacial score (nSPS) is 12.6. The Balaban J connectivity index is 1.90. The van der Waals surface area contributed by atoms with E-state index >= 15 is 0 Å². The molecule has 0 aliphatic heterocycles. The highest BCUT2D eigenvalue weighted by Crippen LogP contribution is 2.12. The van der Waals surface area contributed by atoms with Gasteiger partial charge in [0.2, 0.25) is 0 Å². The van der Waals surface area contributed by atoms with Gasteiger partial charge in [0.1, 0.15) is 0 Å². The van der Waals surface area contributed by atoms with Gasteiger partial charge in [0.05, 0.1) is 0 Å². The zero-order chi connectivity index (χ0) is 10.5. The molecule has 2 aromatic heterocycles. The van der Waals surface area contributed by atoms with Gasteiger partial charge in [0.25, 0.3) is 0 Å². The Hall–Kier alpha value is -1.19. The van der Waals surface area contributed by atoms with Gasteiger partial charge in [0.15, 0.2) is 0 Å². The first-order valence-corrected chi connectivity index (χ1v) is 5.95. The summed E-state index contributed by atoms with van der Waals surface area (Å²) in [5, 5.41) is 7.74. The number of rotatable bonds is 4. The van der Waals surface area contributed by atoms with Gasteiger partial charge in [0, 0.05) is 25.0 Å². The lowest BCUT2D eigenvalue weighted by molar-refractivity contribution is 0.574. The zero-order valence-corrected chi connectivity index (χ0v) is 9.50. The van der Waals surface area contributed by atoms with E-state index in [9.17, 15) is 0 Å². The summed E-state index contributed by atoms with van der Waals surface area (Å²) in [7, 11) is 0. The lowest BCUT2D eigenvalue weighted by atomic mass is 10.1. The van der Waals surface area contributed by atoms with Crippen molar-refractivity contribution in [2.45, 2.75) is 19.5 Å². The summed E-state index contributed by atoms with van der Waals surface area (Å²) in [5.41, 5.74) is 2.57. The van der Waals surface area contributed by atoms with Gasteiger partial charge in [-0.05, 0) is 40.9 Å². The first kappa shape index (κ1) is 10.3. The number of pyridine rings is 1. The van der Waals surface area contributed by atoms with Crippen LogP contribution in [0.15, 0.2) is 41.4 Å². The van der Waals surface area contributed by atoms with Gasteiger partial charge in [-0.15, -0.1) is 0 Å². The van der Waals surface area contributed by atoms with Crippen LogP contribution >= 0.6 is 11.3 Å². The Morgan fingerprint density at radius 1 is 1.47 bits per heavy atom. The molecule has 0 saturated heterocycles. The molecule has 15 heavy (non-hydrogen) atoms. The molecule has 3 heteroatoms. The van der Waals surface area contributed by atoms with Crippen LogP contribution in [0.25, 0.3) is 0 Å². The molecule has 0 amide bonds. The molecule has 0 aliphatic carbocycles. The van der Waals surface area contributed by atoms with Crippen LogP contribution in [0.5, 0.6) is 0 Å². The van der Waals surface area contributed by atoms with Crippen LogP contribution in [0.2, 0.25) is 0 Å². The quantitative estimate of drug-likeness (QED) is 0.853. The first-order chi connectivity index (χ1) is 7.36. The summed E-state index contributed by atoms with van der Waals surface area (Å²) in [6, 6.07) is 6.56. The van der Waals surface area contributed by atoms with Crippen molar-refractivity contribution in [2.24, 2.45) is 0 Å².